The number of rotatable bonds is 6. The van der Waals surface area contributed by atoms with Gasteiger partial charge in [0.05, 0.1) is 16.9 Å². The van der Waals surface area contributed by atoms with Crippen molar-refractivity contribution in [1.29, 1.82) is 0 Å². The normalized spacial score (nSPS) is 27.2. The third-order valence-electron chi connectivity index (χ3n) is 4.36. The molecular weight excluding hydrogens is 264 g/mol. The van der Waals surface area contributed by atoms with Gasteiger partial charge in [0, 0.05) is 19.1 Å². The minimum atomic E-state index is -2.96. The molecule has 19 heavy (non-hydrogen) atoms. The summed E-state index contributed by atoms with van der Waals surface area (Å²) in [5.41, 5.74) is 5.35. The van der Waals surface area contributed by atoms with E-state index >= 15 is 0 Å². The predicted octanol–water partition coefficient (Wildman–Crippen LogP) is 0.541. The standard InChI is InChI=1S/C13H24N2O3S/c1-2-3-7-15(11-4-8-19(17,18)9-11)12(16)13(10-14)5-6-13/h11H,2-10,14H2,1H3. The van der Waals surface area contributed by atoms with Gasteiger partial charge in [0.25, 0.3) is 0 Å². The van der Waals surface area contributed by atoms with Crippen LogP contribution in [0.2, 0.25) is 0 Å². The van der Waals surface area contributed by atoms with E-state index in [1.165, 1.54) is 0 Å². The van der Waals surface area contributed by atoms with E-state index < -0.39 is 9.84 Å². The lowest BCUT2D eigenvalue weighted by atomic mass is 10.0. The lowest BCUT2D eigenvalue weighted by molar-refractivity contribution is -0.138. The van der Waals surface area contributed by atoms with Crippen LogP contribution >= 0.6 is 0 Å². The highest BCUT2D eigenvalue weighted by atomic mass is 32.2. The van der Waals surface area contributed by atoms with Gasteiger partial charge in [-0.15, -0.1) is 0 Å². The first-order valence-electron chi connectivity index (χ1n) is 7.16. The zero-order chi connectivity index (χ0) is 14.1. The number of carbonyl (C=O) groups excluding carboxylic acids is 1. The van der Waals surface area contributed by atoms with Crippen molar-refractivity contribution in [2.75, 3.05) is 24.6 Å². The van der Waals surface area contributed by atoms with E-state index in [4.69, 9.17) is 5.73 Å². The third kappa shape index (κ3) is 3.11. The quantitative estimate of drug-likeness (QED) is 0.773. The van der Waals surface area contributed by atoms with Crippen LogP contribution in [0.3, 0.4) is 0 Å². The maximum absolute atomic E-state index is 12.6. The molecule has 2 aliphatic rings. The van der Waals surface area contributed by atoms with Crippen molar-refractivity contribution in [3.63, 3.8) is 0 Å². The number of carbonyl (C=O) groups is 1. The van der Waals surface area contributed by atoms with Crippen LogP contribution in [0.5, 0.6) is 0 Å². The Morgan fingerprint density at radius 3 is 2.53 bits per heavy atom. The van der Waals surface area contributed by atoms with Crippen LogP contribution in [-0.4, -0.2) is 49.9 Å². The van der Waals surface area contributed by atoms with Crippen LogP contribution in [0.1, 0.15) is 39.0 Å². The molecule has 1 unspecified atom stereocenters. The van der Waals surface area contributed by atoms with Crippen molar-refractivity contribution in [3.05, 3.63) is 0 Å². The summed E-state index contributed by atoms with van der Waals surface area (Å²) in [5, 5.41) is 0. The molecule has 5 nitrogen and oxygen atoms in total. The van der Waals surface area contributed by atoms with Gasteiger partial charge in [-0.25, -0.2) is 8.42 Å². The van der Waals surface area contributed by atoms with Crippen LogP contribution < -0.4 is 5.73 Å². The highest BCUT2D eigenvalue weighted by Gasteiger charge is 2.52. The van der Waals surface area contributed by atoms with Crippen molar-refractivity contribution >= 4 is 15.7 Å². The summed E-state index contributed by atoms with van der Waals surface area (Å²) in [5.74, 6) is 0.428. The zero-order valence-electron chi connectivity index (χ0n) is 11.6. The molecule has 2 fully saturated rings. The van der Waals surface area contributed by atoms with Crippen molar-refractivity contribution in [2.45, 2.75) is 45.1 Å². The topological polar surface area (TPSA) is 80.5 Å². The summed E-state index contributed by atoms with van der Waals surface area (Å²) in [7, 11) is -2.96. The minimum Gasteiger partial charge on any atom is -0.338 e. The highest BCUT2D eigenvalue weighted by Crippen LogP contribution is 2.46. The van der Waals surface area contributed by atoms with Gasteiger partial charge >= 0.3 is 0 Å². The molecule has 1 aliphatic carbocycles. The van der Waals surface area contributed by atoms with Crippen LogP contribution in [0, 0.1) is 5.41 Å². The Hall–Kier alpha value is -0.620. The number of hydrogen-bond acceptors (Lipinski definition) is 4. The fourth-order valence-electron chi connectivity index (χ4n) is 2.76. The molecule has 1 amide bonds. The molecule has 0 bridgehead atoms. The predicted molar refractivity (Wildman–Crippen MR) is 74.4 cm³/mol. The van der Waals surface area contributed by atoms with Gasteiger partial charge in [-0.1, -0.05) is 13.3 Å². The number of nitrogens with zero attached hydrogens (tertiary/aromatic N) is 1. The Morgan fingerprint density at radius 2 is 2.11 bits per heavy atom. The lowest BCUT2D eigenvalue weighted by Crippen LogP contribution is -2.47. The zero-order valence-corrected chi connectivity index (χ0v) is 12.4. The first-order chi connectivity index (χ1) is 8.94. The second-order valence-electron chi connectivity index (χ2n) is 5.89. The fourth-order valence-corrected chi connectivity index (χ4v) is 4.49. The average molecular weight is 288 g/mol. The monoisotopic (exact) mass is 288 g/mol. The van der Waals surface area contributed by atoms with Gasteiger partial charge in [-0.05, 0) is 25.7 Å². The molecule has 0 spiro atoms. The summed E-state index contributed by atoms with van der Waals surface area (Å²) in [4.78, 5) is 14.4. The van der Waals surface area contributed by atoms with Crippen LogP contribution in [0.25, 0.3) is 0 Å². The summed E-state index contributed by atoms with van der Waals surface area (Å²) >= 11 is 0. The summed E-state index contributed by atoms with van der Waals surface area (Å²) in [6.45, 7) is 3.12. The number of nitrogens with two attached hydrogens (primary N) is 1. The van der Waals surface area contributed by atoms with Crippen LogP contribution in [0.4, 0.5) is 0 Å². The van der Waals surface area contributed by atoms with Crippen molar-refractivity contribution in [2.24, 2.45) is 11.1 Å². The maximum Gasteiger partial charge on any atom is 0.230 e. The molecule has 0 aromatic heterocycles. The van der Waals surface area contributed by atoms with Crippen molar-refractivity contribution < 1.29 is 13.2 Å². The van der Waals surface area contributed by atoms with Gasteiger partial charge in [-0.2, -0.15) is 0 Å². The number of unbranched alkanes of at least 4 members (excludes halogenated alkanes) is 1. The minimum absolute atomic E-state index is 0.0885. The van der Waals surface area contributed by atoms with Gasteiger partial charge in [0.1, 0.15) is 0 Å². The summed E-state index contributed by atoms with van der Waals surface area (Å²) in [6.07, 6.45) is 4.20. The number of amides is 1. The van der Waals surface area contributed by atoms with Crippen LogP contribution in [-0.2, 0) is 14.6 Å². The Kier molecular flexibility index (Phi) is 4.20. The molecule has 2 N–H and O–H groups in total. The van der Waals surface area contributed by atoms with E-state index in [1.807, 2.05) is 4.90 Å². The molecule has 1 saturated heterocycles. The Morgan fingerprint density at radius 1 is 1.42 bits per heavy atom. The summed E-state index contributed by atoms with van der Waals surface area (Å²) < 4.78 is 23.2. The van der Waals surface area contributed by atoms with Gasteiger partial charge < -0.3 is 10.6 Å². The molecule has 1 atom stereocenters. The number of sulfone groups is 1. The second-order valence-corrected chi connectivity index (χ2v) is 8.12. The van der Waals surface area contributed by atoms with E-state index in [1.54, 1.807) is 0 Å². The first kappa shape index (κ1) is 14.8. The van der Waals surface area contributed by atoms with Gasteiger partial charge in [0.15, 0.2) is 9.84 Å². The van der Waals surface area contributed by atoms with Gasteiger partial charge in [0.2, 0.25) is 5.91 Å². The smallest absolute Gasteiger partial charge is 0.230 e. The Labute approximate surface area is 115 Å². The van der Waals surface area contributed by atoms with E-state index in [9.17, 15) is 13.2 Å². The average Bonchev–Trinajstić information content (AvgIpc) is 3.09. The Bertz CT molecular complexity index is 443. The second kappa shape index (κ2) is 5.40. The molecule has 2 rings (SSSR count). The molecule has 0 radical (unpaired) electrons. The molecular formula is C13H24N2O3S. The molecule has 6 heteroatoms. The van der Waals surface area contributed by atoms with E-state index in [-0.39, 0.29) is 28.9 Å². The van der Waals surface area contributed by atoms with E-state index in [0.717, 1.165) is 25.7 Å². The van der Waals surface area contributed by atoms with Gasteiger partial charge in [-0.3, -0.25) is 4.79 Å². The van der Waals surface area contributed by atoms with E-state index in [2.05, 4.69) is 6.92 Å². The van der Waals surface area contributed by atoms with Crippen molar-refractivity contribution in [3.8, 4) is 0 Å². The molecule has 0 aromatic rings. The fraction of sp³-hybridized carbons (Fsp3) is 0.923. The molecule has 1 saturated carbocycles. The van der Waals surface area contributed by atoms with Crippen LogP contribution in [0.15, 0.2) is 0 Å². The van der Waals surface area contributed by atoms with E-state index in [0.29, 0.717) is 19.5 Å². The largest absolute Gasteiger partial charge is 0.338 e. The first-order valence-corrected chi connectivity index (χ1v) is 8.98. The van der Waals surface area contributed by atoms with Crippen molar-refractivity contribution in [1.82, 2.24) is 4.90 Å². The molecule has 110 valence electrons. The highest BCUT2D eigenvalue weighted by molar-refractivity contribution is 7.91. The number of hydrogen-bond donors (Lipinski definition) is 1. The maximum atomic E-state index is 12.6. The molecule has 1 aliphatic heterocycles. The summed E-state index contributed by atoms with van der Waals surface area (Å²) in [6, 6.07) is -0.131. The molecule has 0 aromatic carbocycles. The Balaban J connectivity index is 2.10. The SMILES string of the molecule is CCCCN(C(=O)C1(CN)CC1)C1CCS(=O)(=O)C1. The lowest BCUT2D eigenvalue weighted by Gasteiger charge is -2.31. The third-order valence-corrected chi connectivity index (χ3v) is 6.11. The molecule has 1 heterocycles.